The Hall–Kier alpha value is -3.28. The van der Waals surface area contributed by atoms with Crippen molar-refractivity contribution in [3.05, 3.63) is 12.7 Å². The minimum atomic E-state index is -1.25. The first-order chi connectivity index (χ1) is 13.4. The molecule has 2 saturated heterocycles. The third-order valence-corrected chi connectivity index (χ3v) is 4.47. The Kier molecular flexibility index (Phi) is 4.34. The Morgan fingerprint density at radius 2 is 1.89 bits per heavy atom. The molecule has 2 aromatic rings. The van der Waals surface area contributed by atoms with E-state index in [1.165, 1.54) is 26.5 Å². The molecule has 2 fully saturated rings. The van der Waals surface area contributed by atoms with Crippen LogP contribution in [0, 0.1) is 0 Å². The second kappa shape index (κ2) is 6.71. The van der Waals surface area contributed by atoms with Crippen molar-refractivity contribution >= 4 is 34.9 Å². The van der Waals surface area contributed by atoms with Gasteiger partial charge >= 0.3 is 17.9 Å². The molecular weight excluding hydrogens is 374 g/mol. The fourth-order valence-electron chi connectivity index (χ4n) is 3.43. The van der Waals surface area contributed by atoms with Crippen LogP contribution in [0.5, 0.6) is 0 Å². The SMILES string of the molecule is CNc1ncnc2c1ncn2[C@@H]1O[C@H]2[C@@H](OC(=O)[C@H]2OC(C)=O)[C@H]1OC(C)=O. The van der Waals surface area contributed by atoms with Crippen LogP contribution in [0.15, 0.2) is 12.7 Å². The molecule has 5 atom stereocenters. The molecule has 148 valence electrons. The summed E-state index contributed by atoms with van der Waals surface area (Å²) in [5.41, 5.74) is 0.914. The van der Waals surface area contributed by atoms with Crippen LogP contribution in [-0.2, 0) is 33.3 Å². The van der Waals surface area contributed by atoms with Crippen molar-refractivity contribution in [3.63, 3.8) is 0 Å². The van der Waals surface area contributed by atoms with Crippen LogP contribution >= 0.6 is 0 Å². The lowest BCUT2D eigenvalue weighted by Gasteiger charge is -2.22. The summed E-state index contributed by atoms with van der Waals surface area (Å²) in [4.78, 5) is 47.7. The van der Waals surface area contributed by atoms with Crippen molar-refractivity contribution in [2.75, 3.05) is 12.4 Å². The number of anilines is 1. The van der Waals surface area contributed by atoms with Gasteiger partial charge in [-0.1, -0.05) is 0 Å². The summed E-state index contributed by atoms with van der Waals surface area (Å²) in [7, 11) is 1.70. The highest BCUT2D eigenvalue weighted by molar-refractivity contribution is 5.83. The lowest BCUT2D eigenvalue weighted by molar-refractivity contribution is -0.174. The highest BCUT2D eigenvalue weighted by atomic mass is 16.7. The predicted octanol–water partition coefficient (Wildman–Crippen LogP) is -0.446. The number of hydrogen-bond acceptors (Lipinski definition) is 11. The molecule has 0 aromatic carbocycles. The molecule has 1 N–H and O–H groups in total. The van der Waals surface area contributed by atoms with Crippen LogP contribution in [0.1, 0.15) is 20.1 Å². The van der Waals surface area contributed by atoms with Gasteiger partial charge in [0.1, 0.15) is 17.9 Å². The smallest absolute Gasteiger partial charge is 0.350 e. The van der Waals surface area contributed by atoms with E-state index in [2.05, 4.69) is 20.3 Å². The summed E-state index contributed by atoms with van der Waals surface area (Å²) in [5.74, 6) is -1.48. The zero-order valence-corrected chi connectivity index (χ0v) is 15.2. The molecule has 0 unspecified atom stereocenters. The Labute approximate surface area is 158 Å². The number of ether oxygens (including phenoxy) is 4. The largest absolute Gasteiger partial charge is 0.454 e. The van der Waals surface area contributed by atoms with Gasteiger partial charge in [0.25, 0.3) is 0 Å². The molecule has 0 amide bonds. The molecule has 4 rings (SSSR count). The molecule has 0 saturated carbocycles. The number of imidazole rings is 1. The van der Waals surface area contributed by atoms with Crippen LogP contribution in [0.25, 0.3) is 11.2 Å². The highest BCUT2D eigenvalue weighted by Gasteiger charge is 2.61. The lowest BCUT2D eigenvalue weighted by Crippen LogP contribution is -2.36. The van der Waals surface area contributed by atoms with E-state index in [9.17, 15) is 14.4 Å². The maximum atomic E-state index is 12.1. The summed E-state index contributed by atoms with van der Waals surface area (Å²) in [5, 5.41) is 2.91. The highest BCUT2D eigenvalue weighted by Crippen LogP contribution is 2.41. The second-order valence-electron chi connectivity index (χ2n) is 6.29. The predicted molar refractivity (Wildman–Crippen MR) is 89.8 cm³/mol. The summed E-state index contributed by atoms with van der Waals surface area (Å²) in [6.07, 6.45) is -2.17. The fourth-order valence-corrected chi connectivity index (χ4v) is 3.43. The average molecular weight is 391 g/mol. The first-order valence-electron chi connectivity index (χ1n) is 8.46. The lowest BCUT2D eigenvalue weighted by atomic mass is 10.1. The van der Waals surface area contributed by atoms with Gasteiger partial charge in [-0.05, 0) is 0 Å². The quantitative estimate of drug-likeness (QED) is 0.534. The van der Waals surface area contributed by atoms with E-state index in [4.69, 9.17) is 18.9 Å². The topological polar surface area (TPSA) is 144 Å². The number of aromatic nitrogens is 4. The fraction of sp³-hybridized carbons (Fsp3) is 0.500. The Morgan fingerprint density at radius 3 is 2.57 bits per heavy atom. The summed E-state index contributed by atoms with van der Waals surface area (Å²) >= 11 is 0. The second-order valence-corrected chi connectivity index (χ2v) is 6.29. The summed E-state index contributed by atoms with van der Waals surface area (Å²) < 4.78 is 23.2. The van der Waals surface area contributed by atoms with Crippen LogP contribution in [-0.4, -0.2) is 68.9 Å². The summed E-state index contributed by atoms with van der Waals surface area (Å²) in [6.45, 7) is 2.41. The first-order valence-corrected chi connectivity index (χ1v) is 8.46. The van der Waals surface area contributed by atoms with Crippen molar-refractivity contribution in [2.24, 2.45) is 0 Å². The Bertz CT molecular complexity index is 960. The van der Waals surface area contributed by atoms with Gasteiger partial charge in [-0.2, -0.15) is 0 Å². The minimum absolute atomic E-state index is 0.428. The third-order valence-electron chi connectivity index (χ3n) is 4.47. The number of carbonyl (C=O) groups excluding carboxylic acids is 3. The maximum absolute atomic E-state index is 12.1. The van der Waals surface area contributed by atoms with Crippen molar-refractivity contribution in [1.29, 1.82) is 0 Å². The van der Waals surface area contributed by atoms with Crippen molar-refractivity contribution < 1.29 is 33.3 Å². The molecule has 0 radical (unpaired) electrons. The van der Waals surface area contributed by atoms with E-state index in [0.717, 1.165) is 0 Å². The monoisotopic (exact) mass is 391 g/mol. The van der Waals surface area contributed by atoms with Crippen molar-refractivity contribution in [3.8, 4) is 0 Å². The number of carbonyl (C=O) groups is 3. The number of esters is 3. The molecule has 2 aliphatic rings. The molecule has 0 aliphatic carbocycles. The van der Waals surface area contributed by atoms with Gasteiger partial charge in [0.2, 0.25) is 6.10 Å². The zero-order chi connectivity index (χ0) is 20.0. The average Bonchev–Trinajstić information content (AvgIpc) is 3.29. The van der Waals surface area contributed by atoms with E-state index >= 15 is 0 Å². The van der Waals surface area contributed by atoms with Gasteiger partial charge in [-0.3, -0.25) is 14.2 Å². The van der Waals surface area contributed by atoms with Gasteiger partial charge in [0, 0.05) is 20.9 Å². The molecule has 0 bridgehead atoms. The standard InChI is InChI=1S/C16H17N5O7/c1-6(22)25-11-9-10(12(16(24)28-9)26-7(2)23)27-15(11)21-5-20-8-13(17-3)18-4-19-14(8)21/h4-5,9-12,15H,1-3H3,(H,17,18,19)/t9-,10+,11-,12+,15-/m1/s1. The van der Waals surface area contributed by atoms with Crippen LogP contribution in [0.4, 0.5) is 5.82 Å². The van der Waals surface area contributed by atoms with E-state index in [1.54, 1.807) is 11.6 Å². The van der Waals surface area contributed by atoms with Crippen LogP contribution in [0.3, 0.4) is 0 Å². The van der Waals surface area contributed by atoms with Crippen LogP contribution in [0.2, 0.25) is 0 Å². The number of nitrogens with zero attached hydrogens (tertiary/aromatic N) is 4. The van der Waals surface area contributed by atoms with E-state index in [0.29, 0.717) is 17.0 Å². The van der Waals surface area contributed by atoms with Crippen LogP contribution < -0.4 is 5.32 Å². The molecular formula is C16H17N5O7. The van der Waals surface area contributed by atoms with Gasteiger partial charge < -0.3 is 24.3 Å². The van der Waals surface area contributed by atoms with Crippen molar-refractivity contribution in [2.45, 2.75) is 44.5 Å². The maximum Gasteiger partial charge on any atom is 0.350 e. The first kappa shape index (κ1) is 18.1. The molecule has 2 aliphatic heterocycles. The van der Waals surface area contributed by atoms with Crippen molar-refractivity contribution in [1.82, 2.24) is 19.5 Å². The van der Waals surface area contributed by atoms with Gasteiger partial charge in [-0.25, -0.2) is 19.7 Å². The Morgan fingerprint density at radius 1 is 1.14 bits per heavy atom. The van der Waals surface area contributed by atoms with Gasteiger partial charge in [0.15, 0.2) is 29.9 Å². The van der Waals surface area contributed by atoms with Gasteiger partial charge in [0.05, 0.1) is 6.33 Å². The van der Waals surface area contributed by atoms with E-state index < -0.39 is 48.6 Å². The number of rotatable bonds is 4. The minimum Gasteiger partial charge on any atom is -0.454 e. The van der Waals surface area contributed by atoms with Gasteiger partial charge in [-0.15, -0.1) is 0 Å². The van der Waals surface area contributed by atoms with E-state index in [1.807, 2.05) is 0 Å². The number of fused-ring (bicyclic) bond motifs is 2. The number of nitrogens with one attached hydrogen (secondary N) is 1. The van der Waals surface area contributed by atoms with E-state index in [-0.39, 0.29) is 0 Å². The molecule has 2 aromatic heterocycles. The molecule has 12 heteroatoms. The zero-order valence-electron chi connectivity index (χ0n) is 15.2. The molecule has 0 spiro atoms. The number of hydrogen-bond donors (Lipinski definition) is 1. The summed E-state index contributed by atoms with van der Waals surface area (Å²) in [6, 6.07) is 0. The Balaban J connectivity index is 1.73. The molecule has 28 heavy (non-hydrogen) atoms. The third kappa shape index (κ3) is 2.81. The molecule has 12 nitrogen and oxygen atoms in total. The molecule has 4 heterocycles. The normalized spacial score (nSPS) is 28.7.